The summed E-state index contributed by atoms with van der Waals surface area (Å²) in [5, 5.41) is 19.0. The summed E-state index contributed by atoms with van der Waals surface area (Å²) in [7, 11) is -4.19. The summed E-state index contributed by atoms with van der Waals surface area (Å²) in [6.07, 6.45) is 2.01. The fourth-order valence-corrected chi connectivity index (χ4v) is 7.66. The molecule has 1 fully saturated rings. The molecule has 0 saturated carbocycles. The number of pyridine rings is 1. The molecule has 2 amide bonds. The van der Waals surface area contributed by atoms with E-state index in [4.69, 9.17) is 0 Å². The number of amides is 2. The van der Waals surface area contributed by atoms with Gasteiger partial charge in [-0.1, -0.05) is 13.8 Å². The quantitative estimate of drug-likeness (QED) is 0.318. The molecule has 0 spiro atoms. The Hall–Kier alpha value is -2.87. The molecule has 1 unspecified atom stereocenters. The van der Waals surface area contributed by atoms with Crippen LogP contribution in [0.2, 0.25) is 0 Å². The fourth-order valence-electron chi connectivity index (χ4n) is 4.18. The van der Waals surface area contributed by atoms with Crippen molar-refractivity contribution in [2.75, 3.05) is 13.1 Å². The molecule has 3 aromatic heterocycles. The summed E-state index contributed by atoms with van der Waals surface area (Å²) < 4.78 is 29.2. The summed E-state index contributed by atoms with van der Waals surface area (Å²) >= 11 is 2.89. The van der Waals surface area contributed by atoms with E-state index in [0.717, 1.165) is 19.9 Å². The smallest absolute Gasteiger partial charge is 0.323 e. The minimum atomic E-state index is -4.19. The number of hydrogen-bond acceptors (Lipinski definition) is 8. The van der Waals surface area contributed by atoms with Crippen LogP contribution in [-0.4, -0.2) is 55.5 Å². The van der Waals surface area contributed by atoms with Crippen molar-refractivity contribution in [1.29, 1.82) is 0 Å². The molecule has 0 radical (unpaired) electrons. The van der Waals surface area contributed by atoms with Crippen LogP contribution in [0.5, 0.6) is 0 Å². The van der Waals surface area contributed by atoms with Crippen molar-refractivity contribution in [2.45, 2.75) is 50.2 Å². The molecular weight excluding hydrogens is 536 g/mol. The number of ketones is 1. The van der Waals surface area contributed by atoms with Gasteiger partial charge in [-0.25, -0.2) is 8.42 Å². The normalized spacial score (nSPS) is 18.0. The number of hydrogen-bond donors (Lipinski definition) is 2. The average Bonchev–Trinajstić information content (AvgIpc) is 3.39. The molecule has 4 heterocycles. The number of nitrogens with zero attached hydrogens (tertiary/aromatic N) is 2. The first-order valence-electron chi connectivity index (χ1n) is 11.9. The monoisotopic (exact) mass is 564 g/mol. The second kappa shape index (κ2) is 11.3. The SMILES string of the molecule is CC(C)C[C@H](NC(=O)c1cc2sccc2s1)C(=O)NC1CCCN(S(=O)(=O)c2cccc[n+]2[O-])CC1=O. The van der Waals surface area contributed by atoms with Gasteiger partial charge in [0.15, 0.2) is 12.0 Å². The molecule has 0 bridgehead atoms. The molecule has 3 aromatic rings. The highest BCUT2D eigenvalue weighted by Gasteiger charge is 2.37. The van der Waals surface area contributed by atoms with Crippen LogP contribution in [0.15, 0.2) is 46.9 Å². The number of fused-ring (bicyclic) bond motifs is 1. The third-order valence-corrected chi connectivity index (χ3v) is 9.95. The van der Waals surface area contributed by atoms with Gasteiger partial charge < -0.3 is 15.8 Å². The molecule has 2 atom stereocenters. The average molecular weight is 565 g/mol. The fraction of sp³-hybridized carbons (Fsp3) is 0.417. The summed E-state index contributed by atoms with van der Waals surface area (Å²) in [4.78, 5) is 39.6. The van der Waals surface area contributed by atoms with Gasteiger partial charge in [0.1, 0.15) is 6.04 Å². The zero-order chi connectivity index (χ0) is 26.7. The van der Waals surface area contributed by atoms with Crippen LogP contribution in [0.3, 0.4) is 0 Å². The maximum atomic E-state index is 13.2. The van der Waals surface area contributed by atoms with Gasteiger partial charge in [-0.2, -0.15) is 9.04 Å². The second-order valence-corrected chi connectivity index (χ2v) is 13.2. The molecule has 10 nitrogen and oxygen atoms in total. The Labute approximate surface area is 222 Å². The number of sulfonamides is 1. The van der Waals surface area contributed by atoms with E-state index in [-0.39, 0.29) is 29.5 Å². The lowest BCUT2D eigenvalue weighted by Gasteiger charge is -2.23. The molecule has 1 aliphatic heterocycles. The van der Waals surface area contributed by atoms with E-state index in [2.05, 4.69) is 10.6 Å². The van der Waals surface area contributed by atoms with Gasteiger partial charge in [-0.3, -0.25) is 14.4 Å². The zero-order valence-electron chi connectivity index (χ0n) is 20.4. The molecule has 2 N–H and O–H groups in total. The Bertz CT molecular complexity index is 1390. The van der Waals surface area contributed by atoms with Gasteiger partial charge in [-0.15, -0.1) is 22.7 Å². The molecule has 1 aliphatic rings. The van der Waals surface area contributed by atoms with Crippen LogP contribution in [0.4, 0.5) is 0 Å². The Kier molecular flexibility index (Phi) is 8.26. The van der Waals surface area contributed by atoms with Crippen LogP contribution >= 0.6 is 22.7 Å². The van der Waals surface area contributed by atoms with Crippen molar-refractivity contribution < 1.29 is 27.5 Å². The standard InChI is InChI=1S/C24H28N4O6S3/c1-15(2)12-17(26-24(31)21-13-20-19(36-21)8-11-35-20)23(30)25-16-6-5-9-27(14-18(16)29)37(33,34)22-7-3-4-10-28(22)32/h3-4,7-8,10-11,13,15-17H,5-6,9,12,14H2,1-2H3,(H,25,30)(H,26,31)/t16?,17-/m0/s1. The van der Waals surface area contributed by atoms with Gasteiger partial charge in [0.05, 0.1) is 17.5 Å². The lowest BCUT2D eigenvalue weighted by Crippen LogP contribution is -2.52. The highest BCUT2D eigenvalue weighted by atomic mass is 32.2. The number of aromatic nitrogens is 1. The predicted octanol–water partition coefficient (Wildman–Crippen LogP) is 2.28. The number of Topliss-reactive ketones (excluding diaryl/α,β-unsaturated/α-hetero) is 1. The van der Waals surface area contributed by atoms with E-state index in [1.165, 1.54) is 40.9 Å². The Balaban J connectivity index is 1.44. The van der Waals surface area contributed by atoms with Gasteiger partial charge >= 0.3 is 15.0 Å². The van der Waals surface area contributed by atoms with Crippen molar-refractivity contribution >= 4 is 59.7 Å². The lowest BCUT2D eigenvalue weighted by molar-refractivity contribution is -0.646. The van der Waals surface area contributed by atoms with E-state index in [1.54, 1.807) is 6.07 Å². The molecule has 1 saturated heterocycles. The Morgan fingerprint density at radius 2 is 2.03 bits per heavy atom. The number of carbonyl (C=O) groups excluding carboxylic acids is 3. The van der Waals surface area contributed by atoms with E-state index >= 15 is 0 Å². The molecule has 198 valence electrons. The number of rotatable bonds is 8. The van der Waals surface area contributed by atoms with Crippen molar-refractivity contribution in [3.63, 3.8) is 0 Å². The summed E-state index contributed by atoms with van der Waals surface area (Å²) in [6.45, 7) is 3.43. The highest BCUT2D eigenvalue weighted by molar-refractivity contribution is 7.89. The van der Waals surface area contributed by atoms with E-state index in [1.807, 2.05) is 25.3 Å². The van der Waals surface area contributed by atoms with Crippen molar-refractivity contribution in [3.8, 4) is 0 Å². The predicted molar refractivity (Wildman–Crippen MR) is 141 cm³/mol. The third kappa shape index (κ3) is 6.17. The topological polar surface area (TPSA) is 140 Å². The molecule has 37 heavy (non-hydrogen) atoms. The van der Waals surface area contributed by atoms with Gasteiger partial charge in [0, 0.05) is 28.1 Å². The number of thiophene rings is 2. The highest BCUT2D eigenvalue weighted by Crippen LogP contribution is 2.30. The number of carbonyl (C=O) groups is 3. The van der Waals surface area contributed by atoms with Gasteiger partial charge in [-0.05, 0) is 48.8 Å². The van der Waals surface area contributed by atoms with Crippen LogP contribution in [0.1, 0.15) is 42.8 Å². The first kappa shape index (κ1) is 27.2. The maximum Gasteiger partial charge on any atom is 0.323 e. The maximum absolute atomic E-state index is 13.2. The molecular formula is C24H28N4O6S3. The van der Waals surface area contributed by atoms with Crippen LogP contribution in [0.25, 0.3) is 9.40 Å². The van der Waals surface area contributed by atoms with Crippen molar-refractivity contribution in [3.05, 3.63) is 52.0 Å². The van der Waals surface area contributed by atoms with E-state index < -0.39 is 45.4 Å². The van der Waals surface area contributed by atoms with E-state index in [0.29, 0.717) is 17.7 Å². The molecule has 0 aromatic carbocycles. The van der Waals surface area contributed by atoms with Gasteiger partial charge in [0.25, 0.3) is 5.91 Å². The third-order valence-electron chi connectivity index (χ3n) is 6.02. The Morgan fingerprint density at radius 3 is 2.73 bits per heavy atom. The first-order valence-corrected chi connectivity index (χ1v) is 15.0. The van der Waals surface area contributed by atoms with Crippen molar-refractivity contribution in [1.82, 2.24) is 14.9 Å². The molecule has 13 heteroatoms. The molecule has 4 rings (SSSR count). The van der Waals surface area contributed by atoms with Gasteiger partial charge in [0.2, 0.25) is 5.91 Å². The first-order chi connectivity index (χ1) is 17.6. The minimum Gasteiger partial charge on any atom is -0.618 e. The summed E-state index contributed by atoms with van der Waals surface area (Å²) in [5.74, 6) is -1.23. The molecule has 0 aliphatic carbocycles. The lowest BCUT2D eigenvalue weighted by atomic mass is 10.0. The van der Waals surface area contributed by atoms with Crippen LogP contribution in [-0.2, 0) is 19.6 Å². The zero-order valence-corrected chi connectivity index (χ0v) is 22.8. The second-order valence-electron chi connectivity index (χ2n) is 9.29. The summed E-state index contributed by atoms with van der Waals surface area (Å²) in [5.41, 5.74) is 0. The minimum absolute atomic E-state index is 0.0387. The summed E-state index contributed by atoms with van der Waals surface area (Å²) in [6, 6.07) is 6.02. The van der Waals surface area contributed by atoms with Crippen LogP contribution in [0, 0.1) is 11.1 Å². The number of nitrogens with one attached hydrogen (secondary N) is 2. The van der Waals surface area contributed by atoms with Crippen molar-refractivity contribution in [2.24, 2.45) is 5.92 Å². The largest absolute Gasteiger partial charge is 0.618 e. The van der Waals surface area contributed by atoms with Crippen LogP contribution < -0.4 is 15.4 Å². The van der Waals surface area contributed by atoms with E-state index in [9.17, 15) is 28.0 Å². The Morgan fingerprint density at radius 1 is 1.24 bits per heavy atom.